The number of carbonyl (C=O) groups excluding carboxylic acids is 1. The average Bonchev–Trinajstić information content (AvgIpc) is 2.64. The van der Waals surface area contributed by atoms with Gasteiger partial charge in [-0.25, -0.2) is 0 Å². The van der Waals surface area contributed by atoms with Crippen LogP contribution in [0, 0.1) is 5.41 Å². The zero-order valence-corrected chi connectivity index (χ0v) is 11.1. The normalized spacial score (nSPS) is 32.1. The Balaban J connectivity index is 1.90. The van der Waals surface area contributed by atoms with Gasteiger partial charge in [-0.05, 0) is 38.0 Å². The molecular weight excluding hydrogens is 214 g/mol. The zero-order chi connectivity index (χ0) is 12.5. The van der Waals surface area contributed by atoms with Gasteiger partial charge >= 0.3 is 0 Å². The van der Waals surface area contributed by atoms with Crippen molar-refractivity contribution in [2.24, 2.45) is 5.41 Å². The van der Waals surface area contributed by atoms with Crippen LogP contribution in [0.25, 0.3) is 0 Å². The topological polar surface area (TPSA) is 38.3 Å². The molecule has 3 heteroatoms. The third-order valence-corrected chi connectivity index (χ3v) is 3.96. The standard InChI is InChI=1S/C14H23NO2/c1-10-12(6-9-17-10)15-13(16)11-4-7-14(2,3)8-5-11/h4,10,12H,5-9H2,1-3H3,(H,15,16)/t10-,12-/m1/s1. The van der Waals surface area contributed by atoms with E-state index in [1.54, 1.807) is 0 Å². The Morgan fingerprint density at radius 1 is 1.53 bits per heavy atom. The summed E-state index contributed by atoms with van der Waals surface area (Å²) in [4.78, 5) is 12.1. The maximum absolute atomic E-state index is 12.1. The molecule has 0 aromatic carbocycles. The number of carbonyl (C=O) groups is 1. The number of ether oxygens (including phenoxy) is 1. The summed E-state index contributed by atoms with van der Waals surface area (Å²) in [5, 5.41) is 3.09. The summed E-state index contributed by atoms with van der Waals surface area (Å²) in [6.45, 7) is 7.30. The van der Waals surface area contributed by atoms with Crippen molar-refractivity contribution in [1.82, 2.24) is 5.32 Å². The molecule has 0 aromatic rings. The van der Waals surface area contributed by atoms with Crippen molar-refractivity contribution in [3.05, 3.63) is 11.6 Å². The van der Waals surface area contributed by atoms with Crippen molar-refractivity contribution in [1.29, 1.82) is 0 Å². The van der Waals surface area contributed by atoms with Gasteiger partial charge in [-0.2, -0.15) is 0 Å². The van der Waals surface area contributed by atoms with Gasteiger partial charge in [0.05, 0.1) is 12.1 Å². The molecule has 0 aromatic heterocycles. The van der Waals surface area contributed by atoms with E-state index in [0.29, 0.717) is 5.41 Å². The van der Waals surface area contributed by atoms with Crippen LogP contribution in [0.5, 0.6) is 0 Å². The Labute approximate surface area is 104 Å². The smallest absolute Gasteiger partial charge is 0.247 e. The molecule has 1 heterocycles. The highest BCUT2D eigenvalue weighted by Crippen LogP contribution is 2.34. The molecule has 2 aliphatic rings. The first kappa shape index (κ1) is 12.6. The largest absolute Gasteiger partial charge is 0.376 e. The second-order valence-corrected chi connectivity index (χ2v) is 6.04. The quantitative estimate of drug-likeness (QED) is 0.801. The molecule has 1 aliphatic heterocycles. The van der Waals surface area contributed by atoms with Crippen LogP contribution in [-0.2, 0) is 9.53 Å². The number of allylic oxidation sites excluding steroid dienone is 1. The van der Waals surface area contributed by atoms with Gasteiger partial charge in [-0.3, -0.25) is 4.79 Å². The minimum Gasteiger partial charge on any atom is -0.376 e. The van der Waals surface area contributed by atoms with Crippen molar-refractivity contribution in [3.8, 4) is 0 Å². The zero-order valence-electron chi connectivity index (χ0n) is 11.1. The van der Waals surface area contributed by atoms with E-state index in [1.165, 1.54) is 0 Å². The first-order chi connectivity index (χ1) is 7.98. The summed E-state index contributed by atoms with van der Waals surface area (Å²) in [5.41, 5.74) is 1.32. The second-order valence-electron chi connectivity index (χ2n) is 6.04. The minimum absolute atomic E-state index is 0.114. The van der Waals surface area contributed by atoms with Crippen LogP contribution in [0.4, 0.5) is 0 Å². The monoisotopic (exact) mass is 237 g/mol. The maximum atomic E-state index is 12.1. The Bertz CT molecular complexity index is 333. The van der Waals surface area contributed by atoms with Crippen LogP contribution >= 0.6 is 0 Å². The van der Waals surface area contributed by atoms with Gasteiger partial charge in [-0.15, -0.1) is 0 Å². The van der Waals surface area contributed by atoms with Crippen molar-refractivity contribution in [2.45, 2.75) is 58.6 Å². The van der Waals surface area contributed by atoms with Crippen LogP contribution in [0.2, 0.25) is 0 Å². The maximum Gasteiger partial charge on any atom is 0.247 e. The number of nitrogens with one attached hydrogen (secondary N) is 1. The predicted octanol–water partition coefficient (Wildman–Crippen LogP) is 2.42. The van der Waals surface area contributed by atoms with E-state index in [0.717, 1.165) is 37.9 Å². The minimum atomic E-state index is 0.114. The Hall–Kier alpha value is -0.830. The van der Waals surface area contributed by atoms with E-state index in [1.807, 2.05) is 6.92 Å². The molecule has 0 bridgehead atoms. The highest BCUT2D eigenvalue weighted by molar-refractivity contribution is 5.93. The van der Waals surface area contributed by atoms with Gasteiger partial charge in [0.1, 0.15) is 0 Å². The van der Waals surface area contributed by atoms with Gasteiger partial charge in [0.25, 0.3) is 0 Å². The summed E-state index contributed by atoms with van der Waals surface area (Å²) >= 11 is 0. The average molecular weight is 237 g/mol. The number of rotatable bonds is 2. The van der Waals surface area contributed by atoms with Gasteiger partial charge < -0.3 is 10.1 Å². The van der Waals surface area contributed by atoms with Crippen molar-refractivity contribution in [2.75, 3.05) is 6.61 Å². The molecule has 1 saturated heterocycles. The summed E-state index contributed by atoms with van der Waals surface area (Å²) < 4.78 is 5.45. The summed E-state index contributed by atoms with van der Waals surface area (Å²) in [6, 6.07) is 0.193. The molecule has 1 amide bonds. The first-order valence-corrected chi connectivity index (χ1v) is 6.59. The highest BCUT2D eigenvalue weighted by atomic mass is 16.5. The lowest BCUT2D eigenvalue weighted by atomic mass is 9.78. The van der Waals surface area contributed by atoms with Crippen LogP contribution in [-0.4, -0.2) is 24.7 Å². The van der Waals surface area contributed by atoms with Crippen LogP contribution in [0.1, 0.15) is 46.5 Å². The van der Waals surface area contributed by atoms with E-state index in [2.05, 4.69) is 25.2 Å². The highest BCUT2D eigenvalue weighted by Gasteiger charge is 2.28. The third-order valence-electron chi connectivity index (χ3n) is 3.96. The lowest BCUT2D eigenvalue weighted by Crippen LogP contribution is -2.40. The molecule has 2 atom stereocenters. The van der Waals surface area contributed by atoms with Crippen molar-refractivity contribution < 1.29 is 9.53 Å². The van der Waals surface area contributed by atoms with Gasteiger partial charge in [0.15, 0.2) is 0 Å². The molecule has 0 saturated carbocycles. The fourth-order valence-corrected chi connectivity index (χ4v) is 2.47. The molecule has 0 unspecified atom stereocenters. The van der Waals surface area contributed by atoms with Crippen LogP contribution in [0.15, 0.2) is 11.6 Å². The van der Waals surface area contributed by atoms with Gasteiger partial charge in [0.2, 0.25) is 5.91 Å². The molecule has 96 valence electrons. The Morgan fingerprint density at radius 2 is 2.29 bits per heavy atom. The summed E-state index contributed by atoms with van der Waals surface area (Å²) in [5.74, 6) is 0.114. The Kier molecular flexibility index (Phi) is 3.57. The third kappa shape index (κ3) is 3.09. The molecule has 1 N–H and O–H groups in total. The van der Waals surface area contributed by atoms with E-state index in [9.17, 15) is 4.79 Å². The van der Waals surface area contributed by atoms with Gasteiger partial charge in [0, 0.05) is 12.2 Å². The summed E-state index contributed by atoms with van der Waals surface area (Å²) in [6.07, 6.45) is 6.21. The predicted molar refractivity (Wildman–Crippen MR) is 67.7 cm³/mol. The van der Waals surface area contributed by atoms with Crippen LogP contribution < -0.4 is 5.32 Å². The summed E-state index contributed by atoms with van der Waals surface area (Å²) in [7, 11) is 0. The Morgan fingerprint density at radius 3 is 2.82 bits per heavy atom. The molecule has 3 nitrogen and oxygen atoms in total. The van der Waals surface area contributed by atoms with E-state index < -0.39 is 0 Å². The number of amides is 1. The SMILES string of the molecule is C[C@H]1OCC[C@H]1NC(=O)C1=CCC(C)(C)CC1. The molecule has 0 spiro atoms. The van der Waals surface area contributed by atoms with E-state index in [-0.39, 0.29) is 18.1 Å². The molecule has 2 rings (SSSR count). The lowest BCUT2D eigenvalue weighted by Gasteiger charge is -2.28. The van der Waals surface area contributed by atoms with E-state index in [4.69, 9.17) is 4.74 Å². The van der Waals surface area contributed by atoms with Crippen LogP contribution in [0.3, 0.4) is 0 Å². The van der Waals surface area contributed by atoms with E-state index >= 15 is 0 Å². The molecular formula is C14H23NO2. The van der Waals surface area contributed by atoms with Crippen molar-refractivity contribution in [3.63, 3.8) is 0 Å². The molecule has 1 aliphatic carbocycles. The molecule has 0 radical (unpaired) electrons. The van der Waals surface area contributed by atoms with Gasteiger partial charge in [-0.1, -0.05) is 19.9 Å². The molecule has 1 fully saturated rings. The number of hydrogen-bond acceptors (Lipinski definition) is 2. The molecule has 17 heavy (non-hydrogen) atoms. The fourth-order valence-electron chi connectivity index (χ4n) is 2.47. The number of hydrogen-bond donors (Lipinski definition) is 1. The van der Waals surface area contributed by atoms with Crippen molar-refractivity contribution >= 4 is 5.91 Å². The first-order valence-electron chi connectivity index (χ1n) is 6.59. The lowest BCUT2D eigenvalue weighted by molar-refractivity contribution is -0.118. The second kappa shape index (κ2) is 4.81. The fraction of sp³-hybridized carbons (Fsp3) is 0.786.